The van der Waals surface area contributed by atoms with Gasteiger partial charge in [0.25, 0.3) is 0 Å². The summed E-state index contributed by atoms with van der Waals surface area (Å²) in [6.45, 7) is 5.27. The van der Waals surface area contributed by atoms with Crippen LogP contribution in [0.3, 0.4) is 0 Å². The van der Waals surface area contributed by atoms with Crippen LogP contribution < -0.4 is 5.32 Å². The molecule has 138 valence electrons. The van der Waals surface area contributed by atoms with E-state index in [1.54, 1.807) is 20.8 Å². The highest BCUT2D eigenvalue weighted by molar-refractivity contribution is 7.99. The molecule has 2 N–H and O–H groups in total. The number of hydrogen-bond donors (Lipinski definition) is 2. The molecule has 6 nitrogen and oxygen atoms in total. The highest BCUT2D eigenvalue weighted by atomic mass is 32.2. The second-order valence-electron chi connectivity index (χ2n) is 7.08. The van der Waals surface area contributed by atoms with Crippen LogP contribution in [0.25, 0.3) is 0 Å². The molecule has 1 heterocycles. The quantitative estimate of drug-likeness (QED) is 0.778. The summed E-state index contributed by atoms with van der Waals surface area (Å²) < 4.78 is 10.5. The monoisotopic (exact) mass is 367 g/mol. The molecule has 0 aromatic heterocycles. The van der Waals surface area contributed by atoms with Crippen LogP contribution in [0.1, 0.15) is 32.8 Å². The van der Waals surface area contributed by atoms with Crippen LogP contribution in [0, 0.1) is 0 Å². The first kappa shape index (κ1) is 19.6. The molecule has 0 aliphatic carbocycles. The molecule has 7 heteroatoms. The molecule has 1 aromatic rings. The molecule has 2 atom stereocenters. The van der Waals surface area contributed by atoms with Crippen molar-refractivity contribution in [2.24, 2.45) is 0 Å². The lowest BCUT2D eigenvalue weighted by molar-refractivity contribution is -0.154. The maximum Gasteiger partial charge on any atom is 0.408 e. The van der Waals surface area contributed by atoms with Gasteiger partial charge < -0.3 is 19.9 Å². The molecule has 0 saturated carbocycles. The standard InChI is InChI=1S/C18H25NO5S/c1-17(2,3)24-16(21)19-14(18(22)9-10-25-12-18)15(20)23-11-13-7-5-4-6-8-13/h4-8,14,22H,9-12H2,1-3H3,(H,19,21). The normalized spacial score (nSPS) is 21.4. The van der Waals surface area contributed by atoms with Gasteiger partial charge in [0.15, 0.2) is 6.04 Å². The second kappa shape index (κ2) is 8.10. The average molecular weight is 367 g/mol. The Kier molecular flexibility index (Phi) is 6.35. The lowest BCUT2D eigenvalue weighted by Gasteiger charge is -2.31. The van der Waals surface area contributed by atoms with E-state index in [4.69, 9.17) is 9.47 Å². The van der Waals surface area contributed by atoms with Crippen LogP contribution in [0.4, 0.5) is 4.79 Å². The van der Waals surface area contributed by atoms with Crippen LogP contribution in [-0.4, -0.2) is 45.9 Å². The molecule has 25 heavy (non-hydrogen) atoms. The number of alkyl carbamates (subject to hydrolysis) is 1. The van der Waals surface area contributed by atoms with Crippen molar-refractivity contribution in [3.8, 4) is 0 Å². The van der Waals surface area contributed by atoms with Crippen LogP contribution in [0.5, 0.6) is 0 Å². The number of esters is 1. The van der Waals surface area contributed by atoms with Crippen LogP contribution in [0.15, 0.2) is 30.3 Å². The third kappa shape index (κ3) is 5.93. The van der Waals surface area contributed by atoms with E-state index >= 15 is 0 Å². The predicted molar refractivity (Wildman–Crippen MR) is 96.3 cm³/mol. The zero-order valence-corrected chi connectivity index (χ0v) is 15.6. The van der Waals surface area contributed by atoms with Crippen LogP contribution >= 0.6 is 11.8 Å². The van der Waals surface area contributed by atoms with Crippen molar-refractivity contribution in [2.75, 3.05) is 11.5 Å². The van der Waals surface area contributed by atoms with Gasteiger partial charge in [-0.15, -0.1) is 0 Å². The molecule has 1 amide bonds. The maximum absolute atomic E-state index is 12.5. The minimum atomic E-state index is -1.34. The van der Waals surface area contributed by atoms with E-state index in [1.807, 2.05) is 30.3 Å². The number of aliphatic hydroxyl groups is 1. The number of thioether (sulfide) groups is 1. The van der Waals surface area contributed by atoms with Gasteiger partial charge in [0, 0.05) is 5.75 Å². The molecule has 0 bridgehead atoms. The fourth-order valence-corrected chi connectivity index (χ4v) is 3.75. The number of benzene rings is 1. The molecular weight excluding hydrogens is 342 g/mol. The fraction of sp³-hybridized carbons (Fsp3) is 0.556. The van der Waals surface area contributed by atoms with Crippen molar-refractivity contribution in [1.29, 1.82) is 0 Å². The van der Waals surface area contributed by atoms with Gasteiger partial charge in [-0.2, -0.15) is 11.8 Å². The Labute approximate surface area is 152 Å². The van der Waals surface area contributed by atoms with Crippen molar-refractivity contribution in [2.45, 2.75) is 51.0 Å². The molecule has 2 unspecified atom stereocenters. The highest BCUT2D eigenvalue weighted by Crippen LogP contribution is 2.31. The first-order valence-corrected chi connectivity index (χ1v) is 9.35. The number of ether oxygens (including phenoxy) is 2. The molecule has 1 saturated heterocycles. The Balaban J connectivity index is 2.05. The molecule has 1 fully saturated rings. The Bertz CT molecular complexity index is 593. The van der Waals surface area contributed by atoms with E-state index in [-0.39, 0.29) is 6.61 Å². The lowest BCUT2D eigenvalue weighted by atomic mass is 9.93. The van der Waals surface area contributed by atoms with Crippen molar-refractivity contribution >= 4 is 23.8 Å². The Morgan fingerprint density at radius 1 is 1.32 bits per heavy atom. The zero-order chi connectivity index (χ0) is 18.5. The first-order valence-electron chi connectivity index (χ1n) is 8.20. The van der Waals surface area contributed by atoms with Crippen LogP contribution in [-0.2, 0) is 20.9 Å². The third-order valence-electron chi connectivity index (χ3n) is 3.69. The average Bonchev–Trinajstić information content (AvgIpc) is 2.97. The minimum Gasteiger partial charge on any atom is -0.459 e. The maximum atomic E-state index is 12.5. The predicted octanol–water partition coefficient (Wildman–Crippen LogP) is 2.49. The van der Waals surface area contributed by atoms with Gasteiger partial charge >= 0.3 is 12.1 Å². The SMILES string of the molecule is CC(C)(C)OC(=O)NC(C(=O)OCc1ccccc1)C1(O)CCSC1. The third-order valence-corrected chi connectivity index (χ3v) is 4.89. The van der Waals surface area contributed by atoms with E-state index in [9.17, 15) is 14.7 Å². The van der Waals surface area contributed by atoms with Gasteiger partial charge in [0.05, 0.1) is 0 Å². The number of carbonyl (C=O) groups is 2. The second-order valence-corrected chi connectivity index (χ2v) is 8.18. The number of hydrogen-bond acceptors (Lipinski definition) is 6. The Morgan fingerprint density at radius 3 is 2.56 bits per heavy atom. The Morgan fingerprint density at radius 2 is 2.00 bits per heavy atom. The fourth-order valence-electron chi connectivity index (χ4n) is 2.45. The summed E-state index contributed by atoms with van der Waals surface area (Å²) in [6.07, 6.45) is -0.349. The largest absolute Gasteiger partial charge is 0.459 e. The summed E-state index contributed by atoms with van der Waals surface area (Å²) in [4.78, 5) is 24.6. The summed E-state index contributed by atoms with van der Waals surface area (Å²) in [5, 5.41) is 13.3. The van der Waals surface area contributed by atoms with Gasteiger partial charge in [-0.1, -0.05) is 30.3 Å². The van der Waals surface area contributed by atoms with Crippen molar-refractivity contribution in [3.05, 3.63) is 35.9 Å². The number of carbonyl (C=O) groups excluding carboxylic acids is 2. The zero-order valence-electron chi connectivity index (χ0n) is 14.8. The van der Waals surface area contributed by atoms with E-state index in [0.717, 1.165) is 11.3 Å². The first-order chi connectivity index (χ1) is 11.7. The van der Waals surface area contributed by atoms with E-state index < -0.39 is 29.3 Å². The van der Waals surface area contributed by atoms with Gasteiger partial charge in [-0.05, 0) is 38.5 Å². The summed E-state index contributed by atoms with van der Waals surface area (Å²) >= 11 is 1.53. The minimum absolute atomic E-state index is 0.0788. The van der Waals surface area contributed by atoms with Gasteiger partial charge in [0.2, 0.25) is 0 Å². The molecular formula is C18H25NO5S. The van der Waals surface area contributed by atoms with Gasteiger partial charge in [-0.25, -0.2) is 9.59 Å². The lowest BCUT2D eigenvalue weighted by Crippen LogP contribution is -2.58. The van der Waals surface area contributed by atoms with E-state index in [0.29, 0.717) is 12.2 Å². The Hall–Kier alpha value is -1.73. The van der Waals surface area contributed by atoms with E-state index in [2.05, 4.69) is 5.32 Å². The number of amides is 1. The summed E-state index contributed by atoms with van der Waals surface area (Å²) in [6, 6.07) is 8.08. The molecule has 1 aromatic carbocycles. The molecule has 1 aliphatic rings. The molecule has 0 spiro atoms. The molecule has 0 radical (unpaired) electrons. The molecule has 2 rings (SSSR count). The van der Waals surface area contributed by atoms with Crippen molar-refractivity contribution in [1.82, 2.24) is 5.32 Å². The van der Waals surface area contributed by atoms with E-state index in [1.165, 1.54) is 11.8 Å². The van der Waals surface area contributed by atoms with Crippen molar-refractivity contribution < 1.29 is 24.2 Å². The van der Waals surface area contributed by atoms with Gasteiger partial charge in [0.1, 0.15) is 17.8 Å². The highest BCUT2D eigenvalue weighted by Gasteiger charge is 2.46. The summed E-state index contributed by atoms with van der Waals surface area (Å²) in [7, 11) is 0. The van der Waals surface area contributed by atoms with Crippen molar-refractivity contribution in [3.63, 3.8) is 0 Å². The summed E-state index contributed by atoms with van der Waals surface area (Å²) in [5.74, 6) is 0.405. The summed E-state index contributed by atoms with van der Waals surface area (Å²) in [5.41, 5.74) is -1.20. The van der Waals surface area contributed by atoms with Gasteiger partial charge in [-0.3, -0.25) is 0 Å². The molecule has 1 aliphatic heterocycles. The number of nitrogens with one attached hydrogen (secondary N) is 1. The number of rotatable bonds is 5. The topological polar surface area (TPSA) is 84.9 Å². The smallest absolute Gasteiger partial charge is 0.408 e. The van der Waals surface area contributed by atoms with Crippen LogP contribution in [0.2, 0.25) is 0 Å².